The molecular formula is C6H8N2O+. The molecule has 0 aromatic heterocycles. The lowest BCUT2D eigenvalue weighted by atomic mass is 10.4. The lowest BCUT2D eigenvalue weighted by Crippen LogP contribution is -2.04. The minimum Gasteiger partial charge on any atom is -0.466 e. The molecule has 1 aliphatic rings. The first-order valence-corrected chi connectivity index (χ1v) is 2.71. The molecule has 1 heterocycles. The van der Waals surface area contributed by atoms with E-state index in [0.717, 1.165) is 0 Å². The van der Waals surface area contributed by atoms with Crippen molar-refractivity contribution in [3.05, 3.63) is 24.5 Å². The molecular weight excluding hydrogens is 116 g/mol. The van der Waals surface area contributed by atoms with E-state index in [1.165, 1.54) is 0 Å². The van der Waals surface area contributed by atoms with Crippen LogP contribution in [0.5, 0.6) is 0 Å². The molecule has 0 aromatic rings. The molecule has 1 radical (unpaired) electrons. The van der Waals surface area contributed by atoms with Gasteiger partial charge in [-0.2, -0.15) is 0 Å². The second-order valence-electron chi connectivity index (χ2n) is 1.56. The van der Waals surface area contributed by atoms with Crippen LogP contribution in [0.15, 0.2) is 29.6 Å². The predicted octanol–water partition coefficient (Wildman–Crippen LogP) is 0.830. The molecule has 0 fully saturated rings. The van der Waals surface area contributed by atoms with Crippen LogP contribution in [0.3, 0.4) is 0 Å². The SMILES string of the molecule is C[N+]=NC1C=CC=CO1. The van der Waals surface area contributed by atoms with Crippen molar-refractivity contribution in [2.24, 2.45) is 5.11 Å². The summed E-state index contributed by atoms with van der Waals surface area (Å²) in [5.41, 5.74) is 0. The summed E-state index contributed by atoms with van der Waals surface area (Å²) in [4.78, 5) is 0. The van der Waals surface area contributed by atoms with E-state index in [2.05, 4.69) is 10.2 Å². The zero-order valence-electron chi connectivity index (χ0n) is 5.19. The molecule has 1 rings (SSSR count). The Balaban J connectivity index is 2.46. The topological polar surface area (TPSA) is 35.7 Å². The third-order valence-corrected chi connectivity index (χ3v) is 0.913. The maximum atomic E-state index is 4.99. The zero-order valence-corrected chi connectivity index (χ0v) is 5.19. The van der Waals surface area contributed by atoms with E-state index in [0.29, 0.717) is 0 Å². The van der Waals surface area contributed by atoms with Crippen LogP contribution in [0, 0.1) is 0 Å². The molecule has 0 spiro atoms. The van der Waals surface area contributed by atoms with E-state index in [-0.39, 0.29) is 6.23 Å². The van der Waals surface area contributed by atoms with Gasteiger partial charge in [0.25, 0.3) is 6.23 Å². The molecule has 9 heavy (non-hydrogen) atoms. The number of hydrogen-bond acceptors (Lipinski definition) is 3. The molecule has 0 saturated carbocycles. The third kappa shape index (κ3) is 1.68. The molecule has 1 atom stereocenters. The zero-order chi connectivity index (χ0) is 6.53. The summed E-state index contributed by atoms with van der Waals surface area (Å²) in [5.74, 6) is 0. The monoisotopic (exact) mass is 124 g/mol. The summed E-state index contributed by atoms with van der Waals surface area (Å²) in [7, 11) is 1.62. The van der Waals surface area contributed by atoms with Gasteiger partial charge in [0.05, 0.1) is 11.4 Å². The van der Waals surface area contributed by atoms with E-state index in [9.17, 15) is 0 Å². The molecule has 3 heteroatoms. The summed E-state index contributed by atoms with van der Waals surface area (Å²) < 4.78 is 4.99. The average Bonchev–Trinajstić information content (AvgIpc) is 1.91. The van der Waals surface area contributed by atoms with E-state index >= 15 is 0 Å². The number of rotatable bonds is 1. The van der Waals surface area contributed by atoms with Crippen LogP contribution >= 0.6 is 0 Å². The molecule has 1 aliphatic heterocycles. The fourth-order valence-electron chi connectivity index (χ4n) is 0.555. The van der Waals surface area contributed by atoms with Crippen LogP contribution in [-0.2, 0) is 4.74 Å². The van der Waals surface area contributed by atoms with E-state index < -0.39 is 0 Å². The first-order valence-electron chi connectivity index (χ1n) is 2.71. The van der Waals surface area contributed by atoms with Crippen molar-refractivity contribution in [3.8, 4) is 0 Å². The highest BCUT2D eigenvalue weighted by Crippen LogP contribution is 2.01. The van der Waals surface area contributed by atoms with Crippen LogP contribution in [0.2, 0.25) is 0 Å². The molecule has 47 valence electrons. The lowest BCUT2D eigenvalue weighted by molar-refractivity contribution is 0.181. The Bertz CT molecular complexity index is 160. The molecule has 0 bridgehead atoms. The second-order valence-corrected chi connectivity index (χ2v) is 1.56. The highest BCUT2D eigenvalue weighted by atomic mass is 16.5. The van der Waals surface area contributed by atoms with Gasteiger partial charge in [-0.1, -0.05) is 6.08 Å². The Morgan fingerprint density at radius 3 is 3.00 bits per heavy atom. The van der Waals surface area contributed by atoms with Gasteiger partial charge in [-0.3, -0.25) is 0 Å². The van der Waals surface area contributed by atoms with Gasteiger partial charge in [-0.15, -0.1) is 0 Å². The minimum atomic E-state index is -0.208. The lowest BCUT2D eigenvalue weighted by Gasteiger charge is -2.02. The maximum Gasteiger partial charge on any atom is 0.274 e. The van der Waals surface area contributed by atoms with Crippen LogP contribution < -0.4 is 5.11 Å². The smallest absolute Gasteiger partial charge is 0.274 e. The normalized spacial score (nSPS) is 24.8. The number of azo groups is 1. The molecule has 0 saturated heterocycles. The highest BCUT2D eigenvalue weighted by molar-refractivity contribution is 5.06. The predicted molar refractivity (Wildman–Crippen MR) is 33.6 cm³/mol. The van der Waals surface area contributed by atoms with Crippen molar-refractivity contribution < 1.29 is 4.74 Å². The largest absolute Gasteiger partial charge is 0.466 e. The Morgan fingerprint density at radius 2 is 2.44 bits per heavy atom. The Morgan fingerprint density at radius 1 is 1.56 bits per heavy atom. The van der Waals surface area contributed by atoms with Crippen LogP contribution in [-0.4, -0.2) is 13.3 Å². The van der Waals surface area contributed by atoms with Crippen molar-refractivity contribution in [3.63, 3.8) is 0 Å². The standard InChI is InChI=1S/C6H8N2O/c1-7-8-6-4-2-3-5-9-6/h2-6H,1H3/q+1. The van der Waals surface area contributed by atoms with Gasteiger partial charge in [0.1, 0.15) is 0 Å². The fourth-order valence-corrected chi connectivity index (χ4v) is 0.555. The van der Waals surface area contributed by atoms with Gasteiger partial charge in [0, 0.05) is 0 Å². The van der Waals surface area contributed by atoms with Crippen molar-refractivity contribution in [2.75, 3.05) is 7.05 Å². The quantitative estimate of drug-likeness (QED) is 0.477. The Kier molecular flexibility index (Phi) is 2.01. The molecule has 0 aromatic carbocycles. The molecule has 0 amide bonds. The number of nitrogens with zero attached hydrogens (tertiary/aromatic N) is 2. The Labute approximate surface area is 53.7 Å². The molecule has 3 nitrogen and oxygen atoms in total. The van der Waals surface area contributed by atoms with Gasteiger partial charge in [-0.05, 0) is 12.2 Å². The van der Waals surface area contributed by atoms with Crippen LogP contribution in [0.4, 0.5) is 0 Å². The van der Waals surface area contributed by atoms with Gasteiger partial charge >= 0.3 is 0 Å². The summed E-state index contributed by atoms with van der Waals surface area (Å²) in [6, 6.07) is 0. The minimum absolute atomic E-state index is 0.208. The van der Waals surface area contributed by atoms with Gasteiger partial charge in [0.15, 0.2) is 5.11 Å². The summed E-state index contributed by atoms with van der Waals surface area (Å²) in [6.07, 6.45) is 6.90. The molecule has 1 unspecified atom stereocenters. The number of allylic oxidation sites excluding steroid dienone is 2. The highest BCUT2D eigenvalue weighted by Gasteiger charge is 2.05. The summed E-state index contributed by atoms with van der Waals surface area (Å²) in [6.45, 7) is 0. The van der Waals surface area contributed by atoms with E-state index in [1.807, 2.05) is 18.2 Å². The van der Waals surface area contributed by atoms with Crippen molar-refractivity contribution in [1.29, 1.82) is 0 Å². The fraction of sp³-hybridized carbons (Fsp3) is 0.333. The van der Waals surface area contributed by atoms with Gasteiger partial charge < -0.3 is 4.74 Å². The van der Waals surface area contributed by atoms with Crippen molar-refractivity contribution >= 4 is 0 Å². The maximum absolute atomic E-state index is 4.99. The van der Waals surface area contributed by atoms with Gasteiger partial charge in [0.2, 0.25) is 7.05 Å². The summed E-state index contributed by atoms with van der Waals surface area (Å²) >= 11 is 0. The number of ether oxygens (including phenoxy) is 1. The average molecular weight is 124 g/mol. The first-order chi connectivity index (χ1) is 4.43. The van der Waals surface area contributed by atoms with Crippen molar-refractivity contribution in [2.45, 2.75) is 6.23 Å². The van der Waals surface area contributed by atoms with Gasteiger partial charge in [-0.25, -0.2) is 0 Å². The van der Waals surface area contributed by atoms with E-state index in [4.69, 9.17) is 4.74 Å². The second kappa shape index (κ2) is 3.02. The first kappa shape index (κ1) is 6.01. The third-order valence-electron chi connectivity index (χ3n) is 0.913. The summed E-state index contributed by atoms with van der Waals surface area (Å²) in [5, 5.41) is 7.32. The van der Waals surface area contributed by atoms with Crippen molar-refractivity contribution in [1.82, 2.24) is 5.11 Å². The molecule has 0 N–H and O–H groups in total. The Hall–Kier alpha value is -1.12. The van der Waals surface area contributed by atoms with Crippen LogP contribution in [0.1, 0.15) is 0 Å². The van der Waals surface area contributed by atoms with E-state index in [1.54, 1.807) is 13.3 Å². The molecule has 0 aliphatic carbocycles. The number of hydrogen-bond donors (Lipinski definition) is 0. The van der Waals surface area contributed by atoms with Crippen LogP contribution in [0.25, 0.3) is 0 Å².